The number of ether oxygens (including phenoxy) is 1. The standard InChI is InChI=1S/C33H33F3N6O3S/c1-4-5-24-7-6-21(2)18-28(24)42-29(43)19-46-32(42)39-31(44)37-17-16-22(3)23-8-10-25(11-9-23)30-38-20-41(40-30)26-12-14-27(15-13-26)45-33(34,35)36/h6-15,18,20,22H,4-5,16-17,19H2,1-3H3,(H,37,44)/b39-32-. The number of urea groups is 1. The Morgan fingerprint density at radius 1 is 1.11 bits per heavy atom. The number of carbonyl (C=O) groups is 2. The average Bonchev–Trinajstić information content (AvgIpc) is 3.65. The first-order valence-corrected chi connectivity index (χ1v) is 15.8. The number of nitrogens with one attached hydrogen (secondary N) is 1. The lowest BCUT2D eigenvalue weighted by Gasteiger charge is -2.20. The minimum absolute atomic E-state index is 0.0906. The third-order valence-corrected chi connectivity index (χ3v) is 8.31. The van der Waals surface area contributed by atoms with Gasteiger partial charge in [-0.15, -0.1) is 18.3 Å². The van der Waals surface area contributed by atoms with Gasteiger partial charge in [0.05, 0.1) is 17.1 Å². The lowest BCUT2D eigenvalue weighted by molar-refractivity contribution is -0.274. The first kappa shape index (κ1) is 32.7. The molecule has 0 saturated carbocycles. The number of aromatic nitrogens is 3. The summed E-state index contributed by atoms with van der Waals surface area (Å²) in [5.41, 5.74) is 5.25. The van der Waals surface area contributed by atoms with Gasteiger partial charge >= 0.3 is 12.4 Å². The van der Waals surface area contributed by atoms with Gasteiger partial charge in [-0.1, -0.05) is 68.4 Å². The number of alkyl halides is 3. The van der Waals surface area contributed by atoms with E-state index in [0.717, 1.165) is 40.8 Å². The van der Waals surface area contributed by atoms with Crippen LogP contribution in [0.5, 0.6) is 5.75 Å². The van der Waals surface area contributed by atoms with Crippen molar-refractivity contribution >= 4 is 34.6 Å². The minimum Gasteiger partial charge on any atom is -0.406 e. The van der Waals surface area contributed by atoms with Crippen LogP contribution in [0.15, 0.2) is 78.0 Å². The summed E-state index contributed by atoms with van der Waals surface area (Å²) in [6.07, 6.45) is -0.837. The molecule has 0 spiro atoms. The molecule has 2 heterocycles. The van der Waals surface area contributed by atoms with Gasteiger partial charge < -0.3 is 10.1 Å². The van der Waals surface area contributed by atoms with Crippen LogP contribution < -0.4 is 15.0 Å². The number of halogens is 3. The molecule has 0 radical (unpaired) electrons. The Hall–Kier alpha value is -4.65. The van der Waals surface area contributed by atoms with E-state index >= 15 is 0 Å². The van der Waals surface area contributed by atoms with E-state index in [4.69, 9.17) is 0 Å². The molecule has 9 nitrogen and oxygen atoms in total. The van der Waals surface area contributed by atoms with Crippen LogP contribution in [0.3, 0.4) is 0 Å². The van der Waals surface area contributed by atoms with E-state index in [1.54, 1.807) is 4.90 Å². The van der Waals surface area contributed by atoms with E-state index in [0.29, 0.717) is 29.6 Å². The summed E-state index contributed by atoms with van der Waals surface area (Å²) in [6, 6.07) is 18.6. The highest BCUT2D eigenvalue weighted by Gasteiger charge is 2.32. The van der Waals surface area contributed by atoms with Crippen LogP contribution in [0.2, 0.25) is 0 Å². The van der Waals surface area contributed by atoms with Crippen LogP contribution in [0.4, 0.5) is 23.7 Å². The van der Waals surface area contributed by atoms with Gasteiger partial charge in [-0.3, -0.25) is 9.69 Å². The Bertz CT molecular complexity index is 1720. The van der Waals surface area contributed by atoms with Crippen molar-refractivity contribution in [1.29, 1.82) is 0 Å². The van der Waals surface area contributed by atoms with E-state index in [-0.39, 0.29) is 23.3 Å². The van der Waals surface area contributed by atoms with Crippen molar-refractivity contribution in [3.63, 3.8) is 0 Å². The Labute approximate surface area is 268 Å². The number of aliphatic imine (C=N–C) groups is 1. The molecule has 0 bridgehead atoms. The van der Waals surface area contributed by atoms with Gasteiger partial charge in [0.25, 0.3) is 0 Å². The fourth-order valence-corrected chi connectivity index (χ4v) is 5.87. The Morgan fingerprint density at radius 2 is 1.85 bits per heavy atom. The summed E-state index contributed by atoms with van der Waals surface area (Å²) in [6.45, 7) is 6.53. The lowest BCUT2D eigenvalue weighted by atomic mass is 9.96. The maximum Gasteiger partial charge on any atom is 0.573 e. The van der Waals surface area contributed by atoms with Crippen LogP contribution in [0.25, 0.3) is 17.1 Å². The molecule has 1 unspecified atom stereocenters. The highest BCUT2D eigenvalue weighted by Crippen LogP contribution is 2.31. The molecule has 46 heavy (non-hydrogen) atoms. The van der Waals surface area contributed by atoms with Crippen LogP contribution in [0.1, 0.15) is 49.3 Å². The zero-order chi connectivity index (χ0) is 32.8. The van der Waals surface area contributed by atoms with Crippen molar-refractivity contribution in [3.05, 3.63) is 89.7 Å². The van der Waals surface area contributed by atoms with E-state index in [9.17, 15) is 22.8 Å². The maximum absolute atomic E-state index is 12.8. The van der Waals surface area contributed by atoms with Crippen molar-refractivity contribution in [1.82, 2.24) is 20.1 Å². The molecule has 1 atom stereocenters. The molecule has 240 valence electrons. The number of hydrogen-bond acceptors (Lipinski definition) is 6. The van der Waals surface area contributed by atoms with Gasteiger partial charge in [0, 0.05) is 12.1 Å². The maximum atomic E-state index is 12.8. The Balaban J connectivity index is 1.16. The fraction of sp³-hybridized carbons (Fsp3) is 0.303. The predicted octanol–water partition coefficient (Wildman–Crippen LogP) is 7.43. The number of rotatable bonds is 10. The number of thioether (sulfide) groups is 1. The topological polar surface area (TPSA) is 102 Å². The first-order chi connectivity index (χ1) is 22.0. The predicted molar refractivity (Wildman–Crippen MR) is 172 cm³/mol. The summed E-state index contributed by atoms with van der Waals surface area (Å²) in [7, 11) is 0. The molecular weight excluding hydrogens is 617 g/mol. The molecule has 1 aliphatic heterocycles. The van der Waals surface area contributed by atoms with Crippen molar-refractivity contribution in [2.75, 3.05) is 17.2 Å². The number of benzene rings is 3. The monoisotopic (exact) mass is 650 g/mol. The SMILES string of the molecule is CCCc1ccc(C)cc1N1C(=O)CS/C1=N\C(=O)NCCC(C)c1ccc(-c2ncn(-c3ccc(OC(F)(F)F)cc3)n2)cc1. The fourth-order valence-electron chi connectivity index (χ4n) is 5.01. The minimum atomic E-state index is -4.76. The number of hydrogen-bond donors (Lipinski definition) is 1. The van der Waals surface area contributed by atoms with Crippen molar-refractivity contribution in [3.8, 4) is 22.8 Å². The number of carbonyl (C=O) groups excluding carboxylic acids is 2. The lowest BCUT2D eigenvalue weighted by Crippen LogP contribution is -2.32. The van der Waals surface area contributed by atoms with Gasteiger partial charge in [-0.2, -0.15) is 4.99 Å². The number of aryl methyl sites for hydroxylation is 2. The van der Waals surface area contributed by atoms with Crippen LogP contribution in [-0.2, 0) is 11.2 Å². The normalized spacial score (nSPS) is 15.0. The molecule has 3 aromatic carbocycles. The largest absolute Gasteiger partial charge is 0.573 e. The quantitative estimate of drug-likeness (QED) is 0.192. The summed E-state index contributed by atoms with van der Waals surface area (Å²) < 4.78 is 42.7. The second kappa shape index (κ2) is 14.2. The Morgan fingerprint density at radius 3 is 2.54 bits per heavy atom. The third-order valence-electron chi connectivity index (χ3n) is 7.38. The molecular formula is C33H33F3N6O3S. The molecule has 4 aromatic rings. The molecule has 0 aliphatic carbocycles. The van der Waals surface area contributed by atoms with Crippen molar-refractivity contribution < 1.29 is 27.5 Å². The summed E-state index contributed by atoms with van der Waals surface area (Å²) in [5.74, 6) is 0.428. The van der Waals surface area contributed by atoms with Crippen molar-refractivity contribution in [2.24, 2.45) is 4.99 Å². The van der Waals surface area contributed by atoms with E-state index in [1.807, 2.05) is 49.4 Å². The second-order valence-corrected chi connectivity index (χ2v) is 11.8. The van der Waals surface area contributed by atoms with E-state index < -0.39 is 12.4 Å². The van der Waals surface area contributed by atoms with Gasteiger partial charge in [-0.05, 0) is 72.7 Å². The number of amidine groups is 1. The van der Waals surface area contributed by atoms with Gasteiger partial charge in [0.15, 0.2) is 11.0 Å². The van der Waals surface area contributed by atoms with Gasteiger partial charge in [0.2, 0.25) is 5.91 Å². The van der Waals surface area contributed by atoms with Gasteiger partial charge in [-0.25, -0.2) is 14.5 Å². The van der Waals surface area contributed by atoms with Crippen LogP contribution in [-0.4, -0.2) is 50.5 Å². The highest BCUT2D eigenvalue weighted by molar-refractivity contribution is 8.15. The van der Waals surface area contributed by atoms with E-state index in [1.165, 1.54) is 47.0 Å². The molecule has 1 fully saturated rings. The molecule has 5 rings (SSSR count). The number of anilines is 1. The summed E-state index contributed by atoms with van der Waals surface area (Å²) >= 11 is 1.26. The third kappa shape index (κ3) is 8.13. The van der Waals surface area contributed by atoms with Crippen LogP contribution >= 0.6 is 11.8 Å². The van der Waals surface area contributed by atoms with Crippen LogP contribution in [0, 0.1) is 6.92 Å². The number of nitrogens with zero attached hydrogens (tertiary/aromatic N) is 5. The zero-order valence-electron chi connectivity index (χ0n) is 25.5. The molecule has 1 N–H and O–H groups in total. The average molecular weight is 651 g/mol. The molecule has 3 amide bonds. The van der Waals surface area contributed by atoms with Crippen molar-refractivity contribution in [2.45, 2.75) is 52.3 Å². The second-order valence-electron chi connectivity index (χ2n) is 10.9. The molecule has 13 heteroatoms. The van der Waals surface area contributed by atoms with Gasteiger partial charge in [0.1, 0.15) is 12.1 Å². The zero-order valence-corrected chi connectivity index (χ0v) is 26.4. The molecule has 1 saturated heterocycles. The highest BCUT2D eigenvalue weighted by atomic mass is 32.2. The summed E-state index contributed by atoms with van der Waals surface area (Å²) in [5, 5.41) is 7.69. The summed E-state index contributed by atoms with van der Waals surface area (Å²) in [4.78, 5) is 35.6. The first-order valence-electron chi connectivity index (χ1n) is 14.8. The smallest absolute Gasteiger partial charge is 0.406 e. The molecule has 1 aromatic heterocycles. The van der Waals surface area contributed by atoms with E-state index in [2.05, 4.69) is 39.0 Å². The molecule has 1 aliphatic rings. The number of amides is 3. The Kier molecular flexibility index (Phi) is 10.1.